The largest absolute Gasteiger partial charge is 0.360 e. The molecule has 1 heterocycles. The molecule has 0 bridgehead atoms. The van der Waals surface area contributed by atoms with Crippen LogP contribution in [-0.2, 0) is 0 Å². The minimum atomic E-state index is -0.0526. The molecule has 0 spiro atoms. The number of fused-ring (bicyclic) bond motifs is 1. The summed E-state index contributed by atoms with van der Waals surface area (Å²) in [6.45, 7) is 0.0360. The van der Waals surface area contributed by atoms with Crippen LogP contribution in [0.4, 0.5) is 0 Å². The van der Waals surface area contributed by atoms with Crippen LogP contribution in [0.25, 0.3) is 10.9 Å². The zero-order valence-corrected chi connectivity index (χ0v) is 8.97. The number of aromatic nitrogens is 1. The van der Waals surface area contributed by atoms with E-state index in [0.717, 1.165) is 15.4 Å². The van der Waals surface area contributed by atoms with Gasteiger partial charge in [0, 0.05) is 27.1 Å². The molecule has 2 aromatic rings. The van der Waals surface area contributed by atoms with Crippen LogP contribution < -0.4 is 5.73 Å². The van der Waals surface area contributed by atoms with Crippen molar-refractivity contribution in [2.24, 2.45) is 5.73 Å². The van der Waals surface area contributed by atoms with E-state index in [9.17, 15) is 4.79 Å². The predicted octanol–water partition coefficient (Wildman–Crippen LogP) is 2.07. The molecule has 1 aromatic carbocycles. The molecule has 0 aliphatic rings. The number of hydrogen-bond acceptors (Lipinski definition) is 2. The quantitative estimate of drug-likeness (QED) is 0.805. The third-order valence-corrected chi connectivity index (χ3v) is 2.80. The second-order valence-electron chi connectivity index (χ2n) is 2.99. The van der Waals surface area contributed by atoms with Crippen LogP contribution in [0.15, 0.2) is 28.9 Å². The van der Waals surface area contributed by atoms with Gasteiger partial charge in [0.05, 0.1) is 6.54 Å². The maximum atomic E-state index is 11.5. The number of carbonyl (C=O) groups excluding carboxylic acids is 1. The number of hydrogen-bond donors (Lipinski definition) is 2. The normalized spacial score (nSPS) is 10.7. The second kappa shape index (κ2) is 3.55. The monoisotopic (exact) mass is 252 g/mol. The first-order valence-corrected chi connectivity index (χ1v) is 5.02. The SMILES string of the molecule is NCC(=O)c1c[nH]c2cccc(Br)c12. The average Bonchev–Trinajstić information content (AvgIpc) is 2.62. The van der Waals surface area contributed by atoms with E-state index < -0.39 is 0 Å². The molecule has 4 heteroatoms. The standard InChI is InChI=1S/C10H9BrN2O/c11-7-2-1-3-8-10(7)6(5-13-8)9(14)4-12/h1-3,5,13H,4,12H2. The van der Waals surface area contributed by atoms with Gasteiger partial charge >= 0.3 is 0 Å². The highest BCUT2D eigenvalue weighted by molar-refractivity contribution is 9.10. The first kappa shape index (κ1) is 9.43. The van der Waals surface area contributed by atoms with E-state index in [4.69, 9.17) is 5.73 Å². The van der Waals surface area contributed by atoms with E-state index in [2.05, 4.69) is 20.9 Å². The van der Waals surface area contributed by atoms with Gasteiger partial charge in [-0.05, 0) is 12.1 Å². The Morgan fingerprint density at radius 1 is 1.50 bits per heavy atom. The van der Waals surface area contributed by atoms with Crippen LogP contribution >= 0.6 is 15.9 Å². The fourth-order valence-electron chi connectivity index (χ4n) is 1.47. The number of nitrogens with one attached hydrogen (secondary N) is 1. The van der Waals surface area contributed by atoms with Gasteiger partial charge in [-0.25, -0.2) is 0 Å². The van der Waals surface area contributed by atoms with E-state index in [1.54, 1.807) is 6.20 Å². The number of aromatic amines is 1. The Hall–Kier alpha value is -1.13. The first-order chi connectivity index (χ1) is 6.74. The topological polar surface area (TPSA) is 58.9 Å². The summed E-state index contributed by atoms with van der Waals surface area (Å²) in [4.78, 5) is 14.5. The van der Waals surface area contributed by atoms with Crippen LogP contribution in [0, 0.1) is 0 Å². The van der Waals surface area contributed by atoms with Crippen molar-refractivity contribution in [2.75, 3.05) is 6.54 Å². The summed E-state index contributed by atoms with van der Waals surface area (Å²) in [6, 6.07) is 5.75. The third-order valence-electron chi connectivity index (χ3n) is 2.14. The molecule has 0 fully saturated rings. The summed E-state index contributed by atoms with van der Waals surface area (Å²) in [6.07, 6.45) is 1.70. The molecule has 0 atom stereocenters. The zero-order chi connectivity index (χ0) is 10.1. The summed E-state index contributed by atoms with van der Waals surface area (Å²) in [7, 11) is 0. The summed E-state index contributed by atoms with van der Waals surface area (Å²) in [5.41, 5.74) is 6.91. The van der Waals surface area contributed by atoms with Crippen LogP contribution in [0.5, 0.6) is 0 Å². The highest BCUT2D eigenvalue weighted by Crippen LogP contribution is 2.26. The molecule has 3 nitrogen and oxygen atoms in total. The Balaban J connectivity index is 2.73. The summed E-state index contributed by atoms with van der Waals surface area (Å²) >= 11 is 3.41. The average molecular weight is 253 g/mol. The first-order valence-electron chi connectivity index (χ1n) is 4.23. The zero-order valence-electron chi connectivity index (χ0n) is 7.38. The predicted molar refractivity (Wildman–Crippen MR) is 59.4 cm³/mol. The van der Waals surface area contributed by atoms with Crippen molar-refractivity contribution in [3.8, 4) is 0 Å². The number of benzene rings is 1. The number of nitrogens with two attached hydrogens (primary N) is 1. The highest BCUT2D eigenvalue weighted by Gasteiger charge is 2.12. The van der Waals surface area contributed by atoms with E-state index in [-0.39, 0.29) is 12.3 Å². The second-order valence-corrected chi connectivity index (χ2v) is 3.85. The Labute approximate surface area is 89.4 Å². The van der Waals surface area contributed by atoms with Gasteiger partial charge in [-0.3, -0.25) is 4.79 Å². The molecule has 0 aliphatic heterocycles. The number of Topliss-reactive ketones (excluding diaryl/α,β-unsaturated/α-hetero) is 1. The van der Waals surface area contributed by atoms with Crippen LogP contribution in [0.2, 0.25) is 0 Å². The smallest absolute Gasteiger partial charge is 0.178 e. The maximum absolute atomic E-state index is 11.5. The molecular formula is C10H9BrN2O. The molecular weight excluding hydrogens is 244 g/mol. The van der Waals surface area contributed by atoms with Crippen molar-refractivity contribution in [1.82, 2.24) is 4.98 Å². The van der Waals surface area contributed by atoms with E-state index >= 15 is 0 Å². The van der Waals surface area contributed by atoms with Crippen molar-refractivity contribution in [3.05, 3.63) is 34.4 Å². The number of H-pyrrole nitrogens is 1. The lowest BCUT2D eigenvalue weighted by atomic mass is 10.1. The molecule has 0 saturated heterocycles. The number of halogens is 1. The number of ketones is 1. The third kappa shape index (κ3) is 1.36. The van der Waals surface area contributed by atoms with Crippen LogP contribution in [-0.4, -0.2) is 17.3 Å². The Bertz CT molecular complexity index is 490. The van der Waals surface area contributed by atoms with Gasteiger partial charge in [-0.1, -0.05) is 22.0 Å². The van der Waals surface area contributed by atoms with Crippen molar-refractivity contribution < 1.29 is 4.79 Å². The summed E-state index contributed by atoms with van der Waals surface area (Å²) in [5.74, 6) is -0.0526. The minimum absolute atomic E-state index is 0.0360. The summed E-state index contributed by atoms with van der Waals surface area (Å²) < 4.78 is 0.910. The lowest BCUT2D eigenvalue weighted by Gasteiger charge is -1.97. The molecule has 3 N–H and O–H groups in total. The van der Waals surface area contributed by atoms with Crippen LogP contribution in [0.3, 0.4) is 0 Å². The van der Waals surface area contributed by atoms with Crippen molar-refractivity contribution >= 4 is 32.6 Å². The molecule has 0 saturated carbocycles. The fraction of sp³-hybridized carbons (Fsp3) is 0.100. The molecule has 14 heavy (non-hydrogen) atoms. The lowest BCUT2D eigenvalue weighted by Crippen LogP contribution is -2.12. The Morgan fingerprint density at radius 3 is 3.00 bits per heavy atom. The van der Waals surface area contributed by atoms with Crippen molar-refractivity contribution in [3.63, 3.8) is 0 Å². The van der Waals surface area contributed by atoms with Crippen molar-refractivity contribution in [1.29, 1.82) is 0 Å². The molecule has 0 aliphatic carbocycles. The number of rotatable bonds is 2. The van der Waals surface area contributed by atoms with E-state index in [1.807, 2.05) is 18.2 Å². The molecule has 0 amide bonds. The van der Waals surface area contributed by atoms with Gasteiger partial charge in [-0.15, -0.1) is 0 Å². The van der Waals surface area contributed by atoms with Gasteiger partial charge in [0.25, 0.3) is 0 Å². The number of carbonyl (C=O) groups is 1. The molecule has 2 rings (SSSR count). The van der Waals surface area contributed by atoms with Gasteiger partial charge in [0.1, 0.15) is 0 Å². The Morgan fingerprint density at radius 2 is 2.29 bits per heavy atom. The molecule has 0 radical (unpaired) electrons. The van der Waals surface area contributed by atoms with Crippen molar-refractivity contribution in [2.45, 2.75) is 0 Å². The molecule has 72 valence electrons. The van der Waals surface area contributed by atoms with Gasteiger partial charge in [0.15, 0.2) is 5.78 Å². The van der Waals surface area contributed by atoms with Crippen LogP contribution in [0.1, 0.15) is 10.4 Å². The molecule has 1 aromatic heterocycles. The van der Waals surface area contributed by atoms with E-state index in [1.165, 1.54) is 0 Å². The van der Waals surface area contributed by atoms with E-state index in [0.29, 0.717) is 5.56 Å². The van der Waals surface area contributed by atoms with Gasteiger partial charge < -0.3 is 10.7 Å². The Kier molecular flexibility index (Phi) is 2.39. The highest BCUT2D eigenvalue weighted by atomic mass is 79.9. The molecule has 0 unspecified atom stereocenters. The van der Waals surface area contributed by atoms with Gasteiger partial charge in [0.2, 0.25) is 0 Å². The maximum Gasteiger partial charge on any atom is 0.178 e. The minimum Gasteiger partial charge on any atom is -0.360 e. The van der Waals surface area contributed by atoms with Gasteiger partial charge in [-0.2, -0.15) is 0 Å². The summed E-state index contributed by atoms with van der Waals surface area (Å²) in [5, 5.41) is 0.906. The lowest BCUT2D eigenvalue weighted by molar-refractivity contribution is 0.100. The fourth-order valence-corrected chi connectivity index (χ4v) is 2.05.